The maximum absolute atomic E-state index is 5.10. The molecule has 1 N–H and O–H groups in total. The third kappa shape index (κ3) is 2.55. The molecular weight excluding hydrogens is 218 g/mol. The Balaban J connectivity index is 2.07. The third-order valence-corrected chi connectivity index (χ3v) is 2.59. The molecule has 0 unspecified atom stereocenters. The molecule has 5 heteroatoms. The molecule has 90 valence electrons. The summed E-state index contributed by atoms with van der Waals surface area (Å²) < 4.78 is 10.2. The van der Waals surface area contributed by atoms with Crippen LogP contribution in [0.4, 0.5) is 5.69 Å². The maximum atomic E-state index is 5.10. The normalized spacial score (nSPS) is 10.3. The van der Waals surface area contributed by atoms with Crippen LogP contribution in [0, 0.1) is 13.8 Å². The molecule has 17 heavy (non-hydrogen) atoms. The van der Waals surface area contributed by atoms with Crippen molar-refractivity contribution >= 4 is 5.69 Å². The number of pyridine rings is 1. The van der Waals surface area contributed by atoms with E-state index < -0.39 is 0 Å². The number of hydrogen-bond donors (Lipinski definition) is 1. The van der Waals surface area contributed by atoms with Gasteiger partial charge in [0, 0.05) is 30.1 Å². The molecule has 0 spiro atoms. The Hall–Kier alpha value is -2.04. The molecule has 2 rings (SSSR count). The van der Waals surface area contributed by atoms with E-state index in [-0.39, 0.29) is 0 Å². The van der Waals surface area contributed by atoms with Crippen molar-refractivity contribution in [2.75, 3.05) is 12.4 Å². The molecule has 0 saturated heterocycles. The van der Waals surface area contributed by atoms with Gasteiger partial charge in [0.15, 0.2) is 0 Å². The zero-order valence-electron chi connectivity index (χ0n) is 10.2. The van der Waals surface area contributed by atoms with Crippen LogP contribution in [0.15, 0.2) is 22.9 Å². The molecule has 2 aromatic rings. The number of ether oxygens (including phenoxy) is 1. The first-order valence-electron chi connectivity index (χ1n) is 5.36. The van der Waals surface area contributed by atoms with E-state index in [9.17, 15) is 0 Å². The summed E-state index contributed by atoms with van der Waals surface area (Å²) in [6.45, 7) is 4.51. The fraction of sp³-hybridized carbons (Fsp3) is 0.333. The highest BCUT2D eigenvalue weighted by atomic mass is 16.5. The second-order valence-corrected chi connectivity index (χ2v) is 3.74. The highest BCUT2D eigenvalue weighted by Gasteiger charge is 2.08. The van der Waals surface area contributed by atoms with Crippen molar-refractivity contribution in [1.29, 1.82) is 0 Å². The highest BCUT2D eigenvalue weighted by Crippen LogP contribution is 2.17. The fourth-order valence-electron chi connectivity index (χ4n) is 1.58. The van der Waals surface area contributed by atoms with Crippen LogP contribution >= 0.6 is 0 Å². The lowest BCUT2D eigenvalue weighted by Crippen LogP contribution is -2.01. The Labute approximate surface area is 99.8 Å². The van der Waals surface area contributed by atoms with Crippen molar-refractivity contribution in [3.05, 3.63) is 35.3 Å². The van der Waals surface area contributed by atoms with Crippen LogP contribution in [-0.2, 0) is 6.54 Å². The van der Waals surface area contributed by atoms with Crippen molar-refractivity contribution < 1.29 is 9.26 Å². The summed E-state index contributed by atoms with van der Waals surface area (Å²) in [6.07, 6.45) is 1.70. The van der Waals surface area contributed by atoms with E-state index in [4.69, 9.17) is 9.26 Å². The Bertz CT molecular complexity index is 489. The van der Waals surface area contributed by atoms with Crippen molar-refractivity contribution in [2.45, 2.75) is 20.4 Å². The SMILES string of the molecule is COc1cc(NCc2c(C)noc2C)ccn1. The van der Waals surface area contributed by atoms with Gasteiger partial charge in [0.1, 0.15) is 5.76 Å². The van der Waals surface area contributed by atoms with E-state index in [1.165, 1.54) is 0 Å². The first-order valence-corrected chi connectivity index (χ1v) is 5.36. The maximum Gasteiger partial charge on any atom is 0.214 e. The van der Waals surface area contributed by atoms with Gasteiger partial charge in [-0.2, -0.15) is 0 Å². The summed E-state index contributed by atoms with van der Waals surface area (Å²) in [4.78, 5) is 4.04. The molecule has 0 bridgehead atoms. The topological polar surface area (TPSA) is 60.2 Å². The Morgan fingerprint density at radius 2 is 2.24 bits per heavy atom. The van der Waals surface area contributed by atoms with Crippen LogP contribution in [0.5, 0.6) is 5.88 Å². The zero-order chi connectivity index (χ0) is 12.3. The van der Waals surface area contributed by atoms with E-state index in [2.05, 4.69) is 15.5 Å². The molecule has 0 saturated carbocycles. The second kappa shape index (κ2) is 4.86. The van der Waals surface area contributed by atoms with Gasteiger partial charge >= 0.3 is 0 Å². The van der Waals surface area contributed by atoms with Gasteiger partial charge in [-0.15, -0.1) is 0 Å². The number of anilines is 1. The average Bonchev–Trinajstić information content (AvgIpc) is 2.67. The van der Waals surface area contributed by atoms with E-state index in [0.29, 0.717) is 12.4 Å². The zero-order valence-corrected chi connectivity index (χ0v) is 10.2. The monoisotopic (exact) mass is 233 g/mol. The first kappa shape index (κ1) is 11.4. The molecule has 0 radical (unpaired) electrons. The predicted octanol–water partition coefficient (Wildman–Crippen LogP) is 2.31. The van der Waals surface area contributed by atoms with E-state index in [1.807, 2.05) is 26.0 Å². The largest absolute Gasteiger partial charge is 0.481 e. The summed E-state index contributed by atoms with van der Waals surface area (Å²) in [5, 5.41) is 7.19. The average molecular weight is 233 g/mol. The van der Waals surface area contributed by atoms with Gasteiger partial charge in [0.2, 0.25) is 5.88 Å². The molecule has 0 aliphatic carbocycles. The molecule has 0 fully saturated rings. The highest BCUT2D eigenvalue weighted by molar-refractivity contribution is 5.45. The number of nitrogens with one attached hydrogen (secondary N) is 1. The molecule has 0 aliphatic heterocycles. The van der Waals surface area contributed by atoms with Crippen LogP contribution in [0.3, 0.4) is 0 Å². The minimum atomic E-state index is 0.591. The predicted molar refractivity (Wildman–Crippen MR) is 64.1 cm³/mol. The van der Waals surface area contributed by atoms with Crippen LogP contribution in [-0.4, -0.2) is 17.3 Å². The van der Waals surface area contributed by atoms with Gasteiger partial charge in [0.25, 0.3) is 0 Å². The number of aromatic nitrogens is 2. The lowest BCUT2D eigenvalue weighted by molar-refractivity contribution is 0.392. The van der Waals surface area contributed by atoms with Crippen molar-refractivity contribution in [3.8, 4) is 5.88 Å². The number of hydrogen-bond acceptors (Lipinski definition) is 5. The standard InChI is InChI=1S/C12H15N3O2/c1-8-11(9(2)17-15-8)7-14-10-4-5-13-12(6-10)16-3/h4-6H,7H2,1-3H3,(H,13,14). The Kier molecular flexibility index (Phi) is 3.27. The molecule has 2 aromatic heterocycles. The van der Waals surface area contributed by atoms with Crippen molar-refractivity contribution in [1.82, 2.24) is 10.1 Å². The van der Waals surface area contributed by atoms with E-state index in [0.717, 1.165) is 22.7 Å². The van der Waals surface area contributed by atoms with Crippen LogP contribution < -0.4 is 10.1 Å². The molecule has 0 atom stereocenters. The minimum absolute atomic E-state index is 0.591. The third-order valence-electron chi connectivity index (χ3n) is 2.59. The van der Waals surface area contributed by atoms with E-state index in [1.54, 1.807) is 13.3 Å². The molecule has 0 aliphatic rings. The molecule has 5 nitrogen and oxygen atoms in total. The van der Waals surface area contributed by atoms with Crippen molar-refractivity contribution in [2.24, 2.45) is 0 Å². The molecule has 2 heterocycles. The summed E-state index contributed by atoms with van der Waals surface area (Å²) in [7, 11) is 1.60. The summed E-state index contributed by atoms with van der Waals surface area (Å²) >= 11 is 0. The first-order chi connectivity index (χ1) is 8.20. The van der Waals surface area contributed by atoms with Crippen LogP contribution in [0.25, 0.3) is 0 Å². The molecule has 0 amide bonds. The fourth-order valence-corrected chi connectivity index (χ4v) is 1.58. The molecule has 0 aromatic carbocycles. The van der Waals surface area contributed by atoms with Gasteiger partial charge in [-0.1, -0.05) is 5.16 Å². The summed E-state index contributed by atoms with van der Waals surface area (Å²) in [5.41, 5.74) is 2.95. The summed E-state index contributed by atoms with van der Waals surface area (Å²) in [5.74, 6) is 1.43. The number of rotatable bonds is 4. The Morgan fingerprint density at radius 1 is 1.41 bits per heavy atom. The van der Waals surface area contributed by atoms with Crippen molar-refractivity contribution in [3.63, 3.8) is 0 Å². The lowest BCUT2D eigenvalue weighted by Gasteiger charge is -2.06. The van der Waals surface area contributed by atoms with Gasteiger partial charge < -0.3 is 14.6 Å². The van der Waals surface area contributed by atoms with Gasteiger partial charge in [-0.25, -0.2) is 4.98 Å². The van der Waals surface area contributed by atoms with Crippen LogP contribution in [0.1, 0.15) is 17.0 Å². The molecular formula is C12H15N3O2. The number of nitrogens with zero attached hydrogens (tertiary/aromatic N) is 2. The van der Waals surface area contributed by atoms with E-state index >= 15 is 0 Å². The minimum Gasteiger partial charge on any atom is -0.481 e. The summed E-state index contributed by atoms with van der Waals surface area (Å²) in [6, 6.07) is 3.73. The Morgan fingerprint density at radius 3 is 2.88 bits per heavy atom. The smallest absolute Gasteiger partial charge is 0.214 e. The quantitative estimate of drug-likeness (QED) is 0.878. The lowest BCUT2D eigenvalue weighted by atomic mass is 10.2. The van der Waals surface area contributed by atoms with Crippen LogP contribution in [0.2, 0.25) is 0 Å². The second-order valence-electron chi connectivity index (χ2n) is 3.74. The van der Waals surface area contributed by atoms with Gasteiger partial charge in [-0.05, 0) is 19.9 Å². The number of aryl methyl sites for hydroxylation is 2. The van der Waals surface area contributed by atoms with Gasteiger partial charge in [-0.3, -0.25) is 0 Å². The van der Waals surface area contributed by atoms with Gasteiger partial charge in [0.05, 0.1) is 12.8 Å². The number of methoxy groups -OCH3 is 1.